The third kappa shape index (κ3) is 13.6. The second-order valence-corrected chi connectivity index (χ2v) is 15.6. The van der Waals surface area contributed by atoms with E-state index in [1.165, 1.54) is 17.2 Å². The number of aliphatic hydroxyl groups excluding tert-OH is 1. The molecule has 0 fully saturated rings. The minimum absolute atomic E-state index is 0.0338. The van der Waals surface area contributed by atoms with Gasteiger partial charge in [0, 0.05) is 68.8 Å². The summed E-state index contributed by atoms with van der Waals surface area (Å²) in [5.41, 5.74) is 2.70. The van der Waals surface area contributed by atoms with Gasteiger partial charge in [-0.3, -0.25) is 24.2 Å². The van der Waals surface area contributed by atoms with Crippen LogP contribution in [-0.4, -0.2) is 87.2 Å². The molecular weight excluding hydrogens is 911 g/mol. The Kier molecular flexibility index (Phi) is 16.6. The number of ether oxygens (including phenoxy) is 2. The molecule has 358 valence electrons. The Morgan fingerprint density at radius 3 is 2.56 bits per heavy atom. The average molecular weight is 956 g/mol. The summed E-state index contributed by atoms with van der Waals surface area (Å²) in [7, 11) is 1.62. The van der Waals surface area contributed by atoms with Crippen molar-refractivity contribution in [1.29, 1.82) is 0 Å². The molecule has 1 aliphatic rings. The fourth-order valence-electron chi connectivity index (χ4n) is 6.92. The number of carbonyl (C=O) groups excluding carboxylic acids is 3. The van der Waals surface area contributed by atoms with Crippen LogP contribution in [0.25, 0.3) is 0 Å². The summed E-state index contributed by atoms with van der Waals surface area (Å²) in [6.45, 7) is 0.926. The number of fused-ring (bicyclic) bond motifs is 1. The number of para-hydroxylation sites is 2. The summed E-state index contributed by atoms with van der Waals surface area (Å²) in [4.78, 5) is 44.4. The van der Waals surface area contributed by atoms with E-state index < -0.39 is 29.5 Å². The van der Waals surface area contributed by atoms with Gasteiger partial charge in [0.15, 0.2) is 0 Å². The Morgan fingerprint density at radius 1 is 0.943 bits per heavy atom. The zero-order valence-corrected chi connectivity index (χ0v) is 37.6. The van der Waals surface area contributed by atoms with E-state index in [1.807, 2.05) is 24.3 Å². The Hall–Kier alpha value is -8.44. The highest BCUT2D eigenvalue weighted by molar-refractivity contribution is 6.02. The van der Waals surface area contributed by atoms with Gasteiger partial charge in [-0.2, -0.15) is 18.3 Å². The lowest BCUT2D eigenvalue weighted by atomic mass is 10.1. The number of nitrogens with zero attached hydrogens (tertiary/aromatic N) is 5. The van der Waals surface area contributed by atoms with Gasteiger partial charge in [-0.15, -0.1) is 5.10 Å². The average Bonchev–Trinajstić information content (AvgIpc) is 4.02. The predicted octanol–water partition coefficient (Wildman–Crippen LogP) is 5.18. The van der Waals surface area contributed by atoms with Gasteiger partial charge in [0.2, 0.25) is 5.82 Å². The Balaban J connectivity index is 0.814. The third-order valence-electron chi connectivity index (χ3n) is 10.5. The minimum atomic E-state index is -4.84. The van der Waals surface area contributed by atoms with E-state index in [2.05, 4.69) is 71.8 Å². The second kappa shape index (κ2) is 23.5. The van der Waals surface area contributed by atoms with Crippen molar-refractivity contribution in [3.8, 4) is 47.0 Å². The molecule has 1 unspecified atom stereocenters. The normalized spacial score (nSPS) is 13.0. The van der Waals surface area contributed by atoms with Crippen LogP contribution in [0.3, 0.4) is 0 Å². The maximum atomic E-state index is 13.7. The van der Waals surface area contributed by atoms with Crippen molar-refractivity contribution in [3.63, 3.8) is 0 Å². The lowest BCUT2D eigenvalue weighted by Gasteiger charge is -2.19. The van der Waals surface area contributed by atoms with Crippen LogP contribution in [0.4, 0.5) is 23.2 Å². The van der Waals surface area contributed by atoms with Crippen LogP contribution in [0, 0.1) is 41.3 Å². The summed E-state index contributed by atoms with van der Waals surface area (Å²) >= 11 is 0. The number of anilines is 1. The number of halogens is 4. The summed E-state index contributed by atoms with van der Waals surface area (Å²) in [6.07, 6.45) is -0.586. The lowest BCUT2D eigenvalue weighted by Crippen LogP contribution is -2.49. The van der Waals surface area contributed by atoms with Gasteiger partial charge in [-0.25, -0.2) is 9.37 Å². The van der Waals surface area contributed by atoms with E-state index in [9.17, 15) is 37.1 Å². The maximum Gasteiger partial charge on any atom is 0.419 e. The van der Waals surface area contributed by atoms with Crippen LogP contribution in [0.5, 0.6) is 11.5 Å². The number of benzene rings is 4. The number of amides is 3. The number of carbonyl (C=O) groups is 3. The van der Waals surface area contributed by atoms with Crippen LogP contribution in [0.15, 0.2) is 97.3 Å². The molecule has 70 heavy (non-hydrogen) atoms. The number of alkyl halides is 3. The Morgan fingerprint density at radius 2 is 1.74 bits per heavy atom. The first-order valence-electron chi connectivity index (χ1n) is 21.9. The number of nitrogens with one attached hydrogen (secondary N) is 4. The number of rotatable bonds is 16. The van der Waals surface area contributed by atoms with Crippen molar-refractivity contribution in [2.45, 2.75) is 51.2 Å². The van der Waals surface area contributed by atoms with Gasteiger partial charge in [0.05, 0.1) is 36.2 Å². The van der Waals surface area contributed by atoms with Crippen LogP contribution in [-0.2, 0) is 37.1 Å². The molecule has 1 aliphatic heterocycles. The van der Waals surface area contributed by atoms with Crippen LogP contribution in [0.2, 0.25) is 0 Å². The Labute approximate surface area is 400 Å². The predicted molar refractivity (Wildman–Crippen MR) is 249 cm³/mol. The quantitative estimate of drug-likeness (QED) is 0.0492. The van der Waals surface area contributed by atoms with Crippen molar-refractivity contribution in [3.05, 3.63) is 154 Å². The second-order valence-electron chi connectivity index (χ2n) is 15.6. The van der Waals surface area contributed by atoms with E-state index in [0.717, 1.165) is 23.3 Å². The molecule has 0 radical (unpaired) electrons. The van der Waals surface area contributed by atoms with E-state index in [-0.39, 0.29) is 56.1 Å². The van der Waals surface area contributed by atoms with Gasteiger partial charge in [0.25, 0.3) is 17.7 Å². The van der Waals surface area contributed by atoms with Crippen molar-refractivity contribution < 1.29 is 46.5 Å². The summed E-state index contributed by atoms with van der Waals surface area (Å²) in [6, 6.07) is 21.5. The van der Waals surface area contributed by atoms with Gasteiger partial charge in [-0.1, -0.05) is 54.0 Å². The minimum Gasteiger partial charge on any atom is -0.489 e. The fourth-order valence-corrected chi connectivity index (χ4v) is 6.92. The van der Waals surface area contributed by atoms with E-state index in [0.29, 0.717) is 72.1 Å². The number of aromatic nitrogens is 5. The molecule has 0 saturated carbocycles. The number of aliphatic hydroxyl groups is 1. The van der Waals surface area contributed by atoms with Crippen molar-refractivity contribution in [1.82, 2.24) is 40.9 Å². The molecule has 0 spiro atoms. The van der Waals surface area contributed by atoms with Crippen LogP contribution >= 0.6 is 0 Å². The summed E-state index contributed by atoms with van der Waals surface area (Å²) in [5, 5.41) is 28.8. The zero-order valence-electron chi connectivity index (χ0n) is 37.6. The molecule has 6 aromatic rings. The molecule has 19 heteroatoms. The third-order valence-corrected chi connectivity index (χ3v) is 10.5. The first-order chi connectivity index (χ1) is 33.8. The van der Waals surface area contributed by atoms with E-state index in [1.54, 1.807) is 60.4 Å². The highest BCUT2D eigenvalue weighted by atomic mass is 19.4. The number of hydrogen-bond acceptors (Lipinski definition) is 10. The first kappa shape index (κ1) is 49.5. The van der Waals surface area contributed by atoms with E-state index >= 15 is 0 Å². The first-order valence-corrected chi connectivity index (χ1v) is 21.9. The Bertz CT molecular complexity index is 3030. The number of likely N-dealkylation sites (N-methyl/N-ethyl adjacent to an activating group) is 1. The number of H-pyrrole nitrogens is 1. The highest BCUT2D eigenvalue weighted by Gasteiger charge is 2.34. The number of hydrogen-bond donors (Lipinski definition) is 5. The molecule has 3 heterocycles. The molecular formula is C51H45F4N9O6. The van der Waals surface area contributed by atoms with Crippen molar-refractivity contribution in [2.24, 2.45) is 0 Å². The summed E-state index contributed by atoms with van der Waals surface area (Å²) < 4.78 is 66.5. The van der Waals surface area contributed by atoms with Crippen molar-refractivity contribution in [2.75, 3.05) is 38.3 Å². The number of aryl methyl sites for hydroxylation is 1. The fraction of sp³-hybridized carbons (Fsp3) is 0.255. The molecule has 0 saturated heterocycles. The van der Waals surface area contributed by atoms with Crippen LogP contribution < -0.4 is 30.3 Å². The van der Waals surface area contributed by atoms with Crippen molar-refractivity contribution >= 4 is 23.4 Å². The number of aromatic amines is 1. The maximum absolute atomic E-state index is 13.7. The summed E-state index contributed by atoms with van der Waals surface area (Å²) in [5.74, 6) is 16.4. The molecule has 7 rings (SSSR count). The molecule has 0 aliphatic carbocycles. The van der Waals surface area contributed by atoms with Gasteiger partial charge in [-0.05, 0) is 77.6 Å². The lowest BCUT2D eigenvalue weighted by molar-refractivity contribution is -0.140. The monoisotopic (exact) mass is 955 g/mol. The molecule has 4 aromatic carbocycles. The standard InChI is InChI=1S/C51H45F4N9O6/c1-63-43-12-5-6-13-45(43)70-33-42(50(63)68)59-49(67)47-60-46(61-62-47)28-36-16-14-34(15-17-36)10-4-2-3-9-24-64-31-39(30-58-64)48(66)57-22-8-7-11-35-19-21-44(38(26-35)29-56-23-25-65)69-32-37-18-20-41(52)40(27-37)51(53,54)55/h5-6,12-21,26-27,30-31,42,56,65H,8-9,22-25,28-29,32-33H2,1H3,(H,57,66)(H,59,67)(H,60,61,62). The molecule has 15 nitrogen and oxygen atoms in total. The molecule has 5 N–H and O–H groups in total. The van der Waals surface area contributed by atoms with Gasteiger partial charge < -0.3 is 35.4 Å². The van der Waals surface area contributed by atoms with Gasteiger partial charge in [0.1, 0.15) is 42.4 Å². The SMILES string of the molecule is CN1C(=O)C(NC(=O)c2n[nH]c(Cc3ccc(C#CC#CCCn4cc(C(=O)NCCC#Cc5ccc(OCc6ccc(F)c(C(F)(F)F)c6)c(CNCCO)c5)cn4)cc3)n2)COc2ccccc21. The highest BCUT2D eigenvalue weighted by Crippen LogP contribution is 2.33. The molecule has 3 amide bonds. The largest absolute Gasteiger partial charge is 0.489 e. The topological polar surface area (TPSA) is 189 Å². The van der Waals surface area contributed by atoms with E-state index in [4.69, 9.17) is 9.47 Å². The van der Waals surface area contributed by atoms with Crippen LogP contribution in [0.1, 0.15) is 73.0 Å². The van der Waals surface area contributed by atoms with Gasteiger partial charge >= 0.3 is 6.18 Å². The smallest absolute Gasteiger partial charge is 0.419 e. The molecule has 1 atom stereocenters. The zero-order chi connectivity index (χ0) is 49.5. The molecule has 0 bridgehead atoms. The molecule has 2 aromatic heterocycles.